The van der Waals surface area contributed by atoms with Crippen LogP contribution in [0.15, 0.2) is 24.3 Å². The molecular formula is C9H9F3O. The number of benzene rings is 1. The topological polar surface area (TPSA) is 20.2 Å². The molecule has 1 nitrogen and oxygen atoms in total. The Hall–Kier alpha value is -1.19. The van der Waals surface area contributed by atoms with Crippen LogP contribution in [0.2, 0.25) is 0 Å². The van der Waals surface area contributed by atoms with Crippen LogP contribution < -0.4 is 0 Å². The summed E-state index contributed by atoms with van der Waals surface area (Å²) in [4.78, 5) is 0. The van der Waals surface area contributed by atoms with Crippen molar-refractivity contribution < 1.29 is 18.3 Å². The first kappa shape index (κ1) is 9.89. The summed E-state index contributed by atoms with van der Waals surface area (Å²) in [5.41, 5.74) is 0.579. The third-order valence-corrected chi connectivity index (χ3v) is 1.63. The van der Waals surface area contributed by atoms with E-state index >= 15 is 0 Å². The van der Waals surface area contributed by atoms with Crippen LogP contribution in [0.3, 0.4) is 0 Å². The third kappa shape index (κ3) is 3.83. The van der Waals surface area contributed by atoms with E-state index < -0.39 is 12.6 Å². The van der Waals surface area contributed by atoms with Crippen molar-refractivity contribution >= 4 is 0 Å². The minimum absolute atomic E-state index is 0.0379. The largest absolute Gasteiger partial charge is 0.508 e. The van der Waals surface area contributed by atoms with E-state index in [-0.39, 0.29) is 12.2 Å². The minimum Gasteiger partial charge on any atom is -0.508 e. The highest BCUT2D eigenvalue weighted by Crippen LogP contribution is 2.22. The van der Waals surface area contributed by atoms with Crippen LogP contribution in [0.25, 0.3) is 0 Å². The minimum atomic E-state index is -4.11. The molecule has 0 saturated carbocycles. The van der Waals surface area contributed by atoms with Gasteiger partial charge in [-0.25, -0.2) is 0 Å². The number of aryl methyl sites for hydroxylation is 1. The zero-order chi connectivity index (χ0) is 9.90. The van der Waals surface area contributed by atoms with Crippen LogP contribution >= 0.6 is 0 Å². The van der Waals surface area contributed by atoms with Crippen LogP contribution in [-0.2, 0) is 6.42 Å². The van der Waals surface area contributed by atoms with Gasteiger partial charge in [0, 0.05) is 6.42 Å². The standard InChI is InChI=1S/C9H9F3O/c10-9(11,12)6-5-7-1-3-8(13)4-2-7/h1-4,13H,5-6H2. The zero-order valence-electron chi connectivity index (χ0n) is 6.80. The lowest BCUT2D eigenvalue weighted by molar-refractivity contribution is -0.133. The van der Waals surface area contributed by atoms with Crippen LogP contribution in [-0.4, -0.2) is 11.3 Å². The van der Waals surface area contributed by atoms with Gasteiger partial charge in [0.05, 0.1) is 0 Å². The molecule has 0 aliphatic heterocycles. The molecular weight excluding hydrogens is 181 g/mol. The summed E-state index contributed by atoms with van der Waals surface area (Å²) >= 11 is 0. The highest BCUT2D eigenvalue weighted by molar-refractivity contribution is 5.25. The van der Waals surface area contributed by atoms with Crippen LogP contribution in [0.5, 0.6) is 5.75 Å². The van der Waals surface area contributed by atoms with E-state index in [9.17, 15) is 13.2 Å². The smallest absolute Gasteiger partial charge is 0.389 e. The fourth-order valence-corrected chi connectivity index (χ4v) is 0.949. The number of rotatable bonds is 2. The van der Waals surface area contributed by atoms with Gasteiger partial charge in [-0.15, -0.1) is 0 Å². The molecule has 0 aliphatic rings. The van der Waals surface area contributed by atoms with Gasteiger partial charge in [-0.3, -0.25) is 0 Å². The molecule has 0 unspecified atom stereocenters. The van der Waals surface area contributed by atoms with Crippen LogP contribution in [0.1, 0.15) is 12.0 Å². The second kappa shape index (κ2) is 3.68. The molecule has 0 radical (unpaired) electrons. The van der Waals surface area contributed by atoms with Crippen molar-refractivity contribution in [2.45, 2.75) is 19.0 Å². The molecule has 1 rings (SSSR count). The number of phenols is 1. The number of hydrogen-bond acceptors (Lipinski definition) is 1. The molecule has 0 aromatic heterocycles. The number of halogens is 3. The van der Waals surface area contributed by atoms with E-state index in [4.69, 9.17) is 5.11 Å². The SMILES string of the molecule is Oc1ccc(CCC(F)(F)F)cc1. The van der Waals surface area contributed by atoms with E-state index in [2.05, 4.69) is 0 Å². The molecule has 0 bridgehead atoms. The number of phenolic OH excluding ortho intramolecular Hbond substituents is 1. The quantitative estimate of drug-likeness (QED) is 0.760. The summed E-state index contributed by atoms with van der Waals surface area (Å²) in [7, 11) is 0. The molecule has 0 saturated heterocycles. The Bertz CT molecular complexity index is 263. The van der Waals surface area contributed by atoms with Gasteiger partial charge in [-0.2, -0.15) is 13.2 Å². The molecule has 0 atom stereocenters. The molecule has 1 aromatic carbocycles. The summed E-state index contributed by atoms with van der Waals surface area (Å²) in [6.07, 6.45) is -4.97. The van der Waals surface area contributed by atoms with Crippen molar-refractivity contribution in [3.8, 4) is 5.75 Å². The Labute approximate surface area is 73.8 Å². The first-order chi connectivity index (χ1) is 5.97. The maximum absolute atomic E-state index is 11.8. The van der Waals surface area contributed by atoms with Gasteiger partial charge < -0.3 is 5.11 Å². The number of hydrogen-bond donors (Lipinski definition) is 1. The highest BCUT2D eigenvalue weighted by atomic mass is 19.4. The van der Waals surface area contributed by atoms with E-state index in [0.29, 0.717) is 5.56 Å². The Kier molecular flexibility index (Phi) is 2.80. The molecule has 0 spiro atoms. The maximum atomic E-state index is 11.8. The second-order valence-corrected chi connectivity index (χ2v) is 2.78. The lowest BCUT2D eigenvalue weighted by Crippen LogP contribution is -2.08. The Morgan fingerprint density at radius 3 is 2.08 bits per heavy atom. The molecule has 0 amide bonds. The van der Waals surface area contributed by atoms with Crippen molar-refractivity contribution in [3.63, 3.8) is 0 Å². The molecule has 4 heteroatoms. The fraction of sp³-hybridized carbons (Fsp3) is 0.333. The van der Waals surface area contributed by atoms with Crippen molar-refractivity contribution in [3.05, 3.63) is 29.8 Å². The van der Waals surface area contributed by atoms with E-state index in [1.165, 1.54) is 24.3 Å². The fourth-order valence-electron chi connectivity index (χ4n) is 0.949. The monoisotopic (exact) mass is 190 g/mol. The predicted molar refractivity (Wildman–Crippen MR) is 42.5 cm³/mol. The maximum Gasteiger partial charge on any atom is 0.389 e. The molecule has 0 heterocycles. The lowest BCUT2D eigenvalue weighted by Gasteiger charge is -2.05. The first-order valence-electron chi connectivity index (χ1n) is 3.82. The Morgan fingerprint density at radius 1 is 1.08 bits per heavy atom. The van der Waals surface area contributed by atoms with E-state index in [1.807, 2.05) is 0 Å². The van der Waals surface area contributed by atoms with Crippen LogP contribution in [0, 0.1) is 0 Å². The molecule has 1 N–H and O–H groups in total. The van der Waals surface area contributed by atoms with Gasteiger partial charge in [-0.1, -0.05) is 12.1 Å². The number of aromatic hydroxyl groups is 1. The average molecular weight is 190 g/mol. The van der Waals surface area contributed by atoms with Gasteiger partial charge in [0.25, 0.3) is 0 Å². The molecule has 1 aromatic rings. The van der Waals surface area contributed by atoms with Crippen molar-refractivity contribution in [2.75, 3.05) is 0 Å². The van der Waals surface area contributed by atoms with E-state index in [1.54, 1.807) is 0 Å². The lowest BCUT2D eigenvalue weighted by atomic mass is 10.1. The average Bonchev–Trinajstić information content (AvgIpc) is 2.02. The Balaban J connectivity index is 2.51. The van der Waals surface area contributed by atoms with E-state index in [0.717, 1.165) is 0 Å². The van der Waals surface area contributed by atoms with Gasteiger partial charge >= 0.3 is 6.18 Å². The van der Waals surface area contributed by atoms with Crippen molar-refractivity contribution in [2.24, 2.45) is 0 Å². The zero-order valence-corrected chi connectivity index (χ0v) is 6.80. The summed E-state index contributed by atoms with van der Waals surface area (Å²) in [5, 5.41) is 8.86. The summed E-state index contributed by atoms with van der Waals surface area (Å²) < 4.78 is 35.3. The molecule has 72 valence electrons. The number of alkyl halides is 3. The van der Waals surface area contributed by atoms with Gasteiger partial charge in [0.15, 0.2) is 0 Å². The van der Waals surface area contributed by atoms with Gasteiger partial charge in [-0.05, 0) is 24.1 Å². The highest BCUT2D eigenvalue weighted by Gasteiger charge is 2.26. The Morgan fingerprint density at radius 2 is 1.62 bits per heavy atom. The van der Waals surface area contributed by atoms with Gasteiger partial charge in [0.1, 0.15) is 5.75 Å². The summed E-state index contributed by atoms with van der Waals surface area (Å²) in [6, 6.07) is 5.74. The van der Waals surface area contributed by atoms with Crippen molar-refractivity contribution in [1.82, 2.24) is 0 Å². The van der Waals surface area contributed by atoms with Gasteiger partial charge in [0.2, 0.25) is 0 Å². The molecule has 13 heavy (non-hydrogen) atoms. The third-order valence-electron chi connectivity index (χ3n) is 1.63. The predicted octanol–water partition coefficient (Wildman–Crippen LogP) is 2.89. The second-order valence-electron chi connectivity index (χ2n) is 2.78. The van der Waals surface area contributed by atoms with Crippen molar-refractivity contribution in [1.29, 1.82) is 0 Å². The summed E-state index contributed by atoms with van der Waals surface area (Å²) in [5.74, 6) is 0.0655. The molecule has 0 fully saturated rings. The first-order valence-corrected chi connectivity index (χ1v) is 3.82. The van der Waals surface area contributed by atoms with Crippen LogP contribution in [0.4, 0.5) is 13.2 Å². The molecule has 0 aliphatic carbocycles. The normalized spacial score (nSPS) is 11.6. The summed E-state index contributed by atoms with van der Waals surface area (Å²) in [6.45, 7) is 0.